The molecule has 1 unspecified atom stereocenters. The van der Waals surface area contributed by atoms with E-state index in [9.17, 15) is 14.3 Å². The van der Waals surface area contributed by atoms with Gasteiger partial charge in [-0.05, 0) is 31.0 Å². The molecule has 19 heavy (non-hydrogen) atoms. The second-order valence-electron chi connectivity index (χ2n) is 4.45. The van der Waals surface area contributed by atoms with Crippen LogP contribution in [0.1, 0.15) is 22.7 Å². The molecular formula is C15H14FNO2. The molecule has 98 valence electrons. The highest BCUT2D eigenvalue weighted by Gasteiger charge is 2.24. The Morgan fingerprint density at radius 1 is 1.37 bits per heavy atom. The molecule has 0 spiro atoms. The fraction of sp³-hybridized carbons (Fsp3) is 0.200. The summed E-state index contributed by atoms with van der Waals surface area (Å²) >= 11 is 0. The van der Waals surface area contributed by atoms with Gasteiger partial charge in [-0.3, -0.25) is 9.78 Å². The van der Waals surface area contributed by atoms with Crippen molar-refractivity contribution in [3.05, 3.63) is 65.2 Å². The topological polar surface area (TPSA) is 50.2 Å². The van der Waals surface area contributed by atoms with Crippen molar-refractivity contribution in [2.75, 3.05) is 0 Å². The van der Waals surface area contributed by atoms with E-state index in [1.165, 1.54) is 18.3 Å². The van der Waals surface area contributed by atoms with Crippen LogP contribution >= 0.6 is 0 Å². The molecule has 0 amide bonds. The Hall–Kier alpha value is -2.23. The quantitative estimate of drug-likeness (QED) is 0.918. The number of carbonyl (C=O) groups is 1. The molecular weight excluding hydrogens is 245 g/mol. The summed E-state index contributed by atoms with van der Waals surface area (Å²) in [5, 5.41) is 9.28. The first kappa shape index (κ1) is 13.2. The second kappa shape index (κ2) is 5.61. The molecule has 2 aromatic rings. The second-order valence-corrected chi connectivity index (χ2v) is 4.45. The summed E-state index contributed by atoms with van der Waals surface area (Å²) in [5.41, 5.74) is 1.89. The van der Waals surface area contributed by atoms with E-state index in [4.69, 9.17) is 0 Å². The number of hydrogen-bond donors (Lipinski definition) is 1. The molecule has 1 heterocycles. The molecule has 2 rings (SSSR count). The number of aryl methyl sites for hydroxylation is 1. The predicted octanol–water partition coefficient (Wildman–Crippen LogP) is 2.94. The van der Waals surface area contributed by atoms with Crippen molar-refractivity contribution in [1.29, 1.82) is 0 Å². The number of carboxylic acid groups (broad SMARTS) is 1. The molecule has 1 aromatic carbocycles. The van der Waals surface area contributed by atoms with Crippen LogP contribution in [0.15, 0.2) is 42.6 Å². The number of aliphatic carboxylic acids is 1. The van der Waals surface area contributed by atoms with Gasteiger partial charge in [0.2, 0.25) is 0 Å². The largest absolute Gasteiger partial charge is 0.481 e. The van der Waals surface area contributed by atoms with Gasteiger partial charge in [0, 0.05) is 6.20 Å². The third-order valence-electron chi connectivity index (χ3n) is 2.94. The SMILES string of the molecule is Cc1cccc(CC(C(=O)O)c2ncccc2F)c1. The molecule has 0 fully saturated rings. The fourth-order valence-corrected chi connectivity index (χ4v) is 2.03. The number of aromatic nitrogens is 1. The van der Waals surface area contributed by atoms with Crippen LogP contribution in [0.5, 0.6) is 0 Å². The van der Waals surface area contributed by atoms with Crippen molar-refractivity contribution >= 4 is 5.97 Å². The molecule has 3 nitrogen and oxygen atoms in total. The van der Waals surface area contributed by atoms with Gasteiger partial charge in [-0.25, -0.2) is 4.39 Å². The maximum Gasteiger partial charge on any atom is 0.313 e. The minimum Gasteiger partial charge on any atom is -0.481 e. The smallest absolute Gasteiger partial charge is 0.313 e. The van der Waals surface area contributed by atoms with E-state index in [1.54, 1.807) is 0 Å². The first-order valence-electron chi connectivity index (χ1n) is 5.96. The third kappa shape index (κ3) is 3.16. The molecule has 1 atom stereocenters. The number of pyridine rings is 1. The Bertz CT molecular complexity index is 598. The summed E-state index contributed by atoms with van der Waals surface area (Å²) in [5.74, 6) is -2.62. The normalized spacial score (nSPS) is 12.1. The fourth-order valence-electron chi connectivity index (χ4n) is 2.03. The van der Waals surface area contributed by atoms with Crippen LogP contribution in [0.4, 0.5) is 4.39 Å². The van der Waals surface area contributed by atoms with Crippen LogP contribution in [-0.4, -0.2) is 16.1 Å². The third-order valence-corrected chi connectivity index (χ3v) is 2.94. The Morgan fingerprint density at radius 2 is 2.16 bits per heavy atom. The molecule has 0 aliphatic carbocycles. The van der Waals surface area contributed by atoms with Gasteiger partial charge in [-0.1, -0.05) is 29.8 Å². The summed E-state index contributed by atoms with van der Waals surface area (Å²) in [6, 6.07) is 10.2. The number of rotatable bonds is 4. The van der Waals surface area contributed by atoms with Gasteiger partial charge in [0.15, 0.2) is 0 Å². The Kier molecular flexibility index (Phi) is 3.90. The van der Waals surface area contributed by atoms with Gasteiger partial charge in [-0.2, -0.15) is 0 Å². The molecule has 0 aliphatic heterocycles. The van der Waals surface area contributed by atoms with Crippen molar-refractivity contribution < 1.29 is 14.3 Å². The lowest BCUT2D eigenvalue weighted by atomic mass is 9.94. The zero-order valence-corrected chi connectivity index (χ0v) is 10.5. The number of benzene rings is 1. The molecule has 4 heteroatoms. The Labute approximate surface area is 110 Å². The van der Waals surface area contributed by atoms with E-state index >= 15 is 0 Å². The molecule has 0 saturated heterocycles. The minimum absolute atomic E-state index is 0.0171. The van der Waals surface area contributed by atoms with Crippen LogP contribution in [0.3, 0.4) is 0 Å². The van der Waals surface area contributed by atoms with Gasteiger partial charge in [-0.15, -0.1) is 0 Å². The maximum absolute atomic E-state index is 13.7. The van der Waals surface area contributed by atoms with Crippen LogP contribution < -0.4 is 0 Å². The van der Waals surface area contributed by atoms with Gasteiger partial charge >= 0.3 is 5.97 Å². The standard InChI is InChI=1S/C15H14FNO2/c1-10-4-2-5-11(8-10)9-12(15(18)19)14-13(16)6-3-7-17-14/h2-8,12H,9H2,1H3,(H,18,19). The van der Waals surface area contributed by atoms with Crippen LogP contribution in [0, 0.1) is 12.7 Å². The highest BCUT2D eigenvalue weighted by atomic mass is 19.1. The van der Waals surface area contributed by atoms with Crippen LogP contribution in [0.25, 0.3) is 0 Å². The molecule has 0 radical (unpaired) electrons. The summed E-state index contributed by atoms with van der Waals surface area (Å²) in [4.78, 5) is 15.2. The average molecular weight is 259 g/mol. The van der Waals surface area contributed by atoms with Crippen molar-refractivity contribution in [2.45, 2.75) is 19.3 Å². The molecule has 1 aromatic heterocycles. The molecule has 0 saturated carbocycles. The zero-order chi connectivity index (χ0) is 13.8. The van der Waals surface area contributed by atoms with E-state index in [0.29, 0.717) is 0 Å². The lowest BCUT2D eigenvalue weighted by Crippen LogP contribution is -2.17. The molecule has 1 N–H and O–H groups in total. The van der Waals surface area contributed by atoms with Crippen LogP contribution in [-0.2, 0) is 11.2 Å². The Morgan fingerprint density at radius 3 is 2.79 bits per heavy atom. The van der Waals surface area contributed by atoms with E-state index in [0.717, 1.165) is 11.1 Å². The van der Waals surface area contributed by atoms with Crippen molar-refractivity contribution in [2.24, 2.45) is 0 Å². The predicted molar refractivity (Wildman–Crippen MR) is 69.5 cm³/mol. The van der Waals surface area contributed by atoms with Crippen molar-refractivity contribution in [3.8, 4) is 0 Å². The number of carboxylic acids is 1. The molecule has 0 bridgehead atoms. The van der Waals surface area contributed by atoms with Crippen molar-refractivity contribution in [3.63, 3.8) is 0 Å². The summed E-state index contributed by atoms with van der Waals surface area (Å²) < 4.78 is 13.7. The maximum atomic E-state index is 13.7. The van der Waals surface area contributed by atoms with E-state index in [-0.39, 0.29) is 12.1 Å². The number of nitrogens with zero attached hydrogens (tertiary/aromatic N) is 1. The van der Waals surface area contributed by atoms with Gasteiger partial charge < -0.3 is 5.11 Å². The van der Waals surface area contributed by atoms with Crippen molar-refractivity contribution in [1.82, 2.24) is 4.98 Å². The van der Waals surface area contributed by atoms with Gasteiger partial charge in [0.05, 0.1) is 5.69 Å². The molecule has 0 aliphatic rings. The van der Waals surface area contributed by atoms with Gasteiger partial charge in [0.25, 0.3) is 0 Å². The van der Waals surface area contributed by atoms with Gasteiger partial charge in [0.1, 0.15) is 11.7 Å². The number of halogens is 1. The van der Waals surface area contributed by atoms with Crippen LogP contribution in [0.2, 0.25) is 0 Å². The first-order chi connectivity index (χ1) is 9.08. The average Bonchev–Trinajstić information content (AvgIpc) is 2.37. The monoisotopic (exact) mass is 259 g/mol. The highest BCUT2D eigenvalue weighted by molar-refractivity contribution is 5.76. The lowest BCUT2D eigenvalue weighted by Gasteiger charge is -2.13. The Balaban J connectivity index is 2.32. The first-order valence-corrected chi connectivity index (χ1v) is 5.96. The zero-order valence-electron chi connectivity index (χ0n) is 10.5. The lowest BCUT2D eigenvalue weighted by molar-refractivity contribution is -0.138. The van der Waals surface area contributed by atoms with E-state index < -0.39 is 17.7 Å². The van der Waals surface area contributed by atoms with E-state index in [2.05, 4.69) is 4.98 Å². The summed E-state index contributed by atoms with van der Waals surface area (Å²) in [6.45, 7) is 1.93. The number of hydrogen-bond acceptors (Lipinski definition) is 2. The summed E-state index contributed by atoms with van der Waals surface area (Å²) in [6.07, 6.45) is 1.63. The highest BCUT2D eigenvalue weighted by Crippen LogP contribution is 2.22. The van der Waals surface area contributed by atoms with E-state index in [1.807, 2.05) is 31.2 Å². The minimum atomic E-state index is -1.07. The summed E-state index contributed by atoms with van der Waals surface area (Å²) in [7, 11) is 0.